The number of aromatic nitrogens is 4. The number of nitrogens with one attached hydrogen (secondary N) is 2. The molecule has 0 radical (unpaired) electrons. The van der Waals surface area contributed by atoms with Crippen LogP contribution < -0.4 is 11.3 Å². The second kappa shape index (κ2) is 2.26. The molecule has 6 nitrogen and oxygen atoms in total. The quantitative estimate of drug-likeness (QED) is 0.530. The molecular formula is C6H7N5O. The smallest absolute Gasteiger partial charge is 0.275 e. The zero-order chi connectivity index (χ0) is 8.55. The molecule has 0 aliphatic rings. The maximum Gasteiger partial charge on any atom is 0.275 e. The van der Waals surface area contributed by atoms with Gasteiger partial charge in [0.25, 0.3) is 5.56 Å². The molecule has 0 spiro atoms. The minimum atomic E-state index is -0.234. The third-order valence-electron chi connectivity index (χ3n) is 1.44. The predicted octanol–water partition coefficient (Wildman–Crippen LogP) is -0.529. The molecule has 62 valence electrons. The Morgan fingerprint density at radius 1 is 1.58 bits per heavy atom. The molecule has 0 fully saturated rings. The SMILES string of the molecule is Nc1cc(=O)n(-c2ncc[nH]2)[nH]1. The average Bonchev–Trinajstić information content (AvgIpc) is 2.58. The van der Waals surface area contributed by atoms with Gasteiger partial charge in [-0.05, 0) is 0 Å². The second-order valence-electron chi connectivity index (χ2n) is 2.30. The molecule has 0 amide bonds. The van der Waals surface area contributed by atoms with Crippen molar-refractivity contribution >= 4 is 5.82 Å². The summed E-state index contributed by atoms with van der Waals surface area (Å²) in [4.78, 5) is 17.8. The van der Waals surface area contributed by atoms with Crippen molar-refractivity contribution in [3.05, 3.63) is 28.8 Å². The maximum atomic E-state index is 11.1. The van der Waals surface area contributed by atoms with Crippen molar-refractivity contribution in [2.75, 3.05) is 5.73 Å². The number of anilines is 1. The van der Waals surface area contributed by atoms with Gasteiger partial charge in [-0.15, -0.1) is 0 Å². The van der Waals surface area contributed by atoms with Crippen LogP contribution in [0.1, 0.15) is 0 Å². The summed E-state index contributed by atoms with van der Waals surface area (Å²) >= 11 is 0. The van der Waals surface area contributed by atoms with Crippen LogP contribution in [-0.4, -0.2) is 19.7 Å². The fourth-order valence-electron chi connectivity index (χ4n) is 0.951. The van der Waals surface area contributed by atoms with E-state index in [-0.39, 0.29) is 5.56 Å². The Kier molecular flexibility index (Phi) is 1.26. The van der Waals surface area contributed by atoms with E-state index in [0.717, 1.165) is 0 Å². The molecule has 2 aromatic rings. The first-order valence-electron chi connectivity index (χ1n) is 3.34. The van der Waals surface area contributed by atoms with E-state index < -0.39 is 0 Å². The van der Waals surface area contributed by atoms with Gasteiger partial charge in [0.05, 0.1) is 0 Å². The van der Waals surface area contributed by atoms with Gasteiger partial charge in [-0.3, -0.25) is 9.89 Å². The van der Waals surface area contributed by atoms with Crippen LogP contribution in [0.3, 0.4) is 0 Å². The number of nitrogens with two attached hydrogens (primary N) is 1. The van der Waals surface area contributed by atoms with Crippen LogP contribution in [0.2, 0.25) is 0 Å². The van der Waals surface area contributed by atoms with Crippen LogP contribution in [0.4, 0.5) is 5.82 Å². The van der Waals surface area contributed by atoms with Gasteiger partial charge < -0.3 is 10.7 Å². The summed E-state index contributed by atoms with van der Waals surface area (Å²) in [5, 5.41) is 2.63. The molecule has 0 bridgehead atoms. The summed E-state index contributed by atoms with van der Waals surface area (Å²) in [6.07, 6.45) is 3.18. The highest BCUT2D eigenvalue weighted by molar-refractivity contribution is 5.27. The molecule has 0 aliphatic heterocycles. The van der Waals surface area contributed by atoms with E-state index in [1.54, 1.807) is 12.4 Å². The Balaban J connectivity index is 2.61. The van der Waals surface area contributed by atoms with Gasteiger partial charge in [-0.1, -0.05) is 0 Å². The first-order chi connectivity index (χ1) is 5.77. The third-order valence-corrected chi connectivity index (χ3v) is 1.44. The summed E-state index contributed by atoms with van der Waals surface area (Å²) in [6.45, 7) is 0. The minimum absolute atomic E-state index is 0.234. The van der Waals surface area contributed by atoms with Crippen molar-refractivity contribution in [2.24, 2.45) is 0 Å². The molecule has 0 aromatic carbocycles. The van der Waals surface area contributed by atoms with Crippen LogP contribution in [0, 0.1) is 0 Å². The molecule has 2 rings (SSSR count). The molecule has 0 saturated carbocycles. The zero-order valence-corrected chi connectivity index (χ0v) is 6.11. The fraction of sp³-hybridized carbons (Fsp3) is 0. The topological polar surface area (TPSA) is 92.5 Å². The highest BCUT2D eigenvalue weighted by Gasteiger charge is 2.02. The first kappa shape index (κ1) is 6.71. The van der Waals surface area contributed by atoms with Gasteiger partial charge in [-0.2, -0.15) is 4.68 Å². The molecule has 4 N–H and O–H groups in total. The summed E-state index contributed by atoms with van der Waals surface area (Å²) in [7, 11) is 0. The van der Waals surface area contributed by atoms with Crippen molar-refractivity contribution in [2.45, 2.75) is 0 Å². The Morgan fingerprint density at radius 2 is 2.42 bits per heavy atom. The fourth-order valence-corrected chi connectivity index (χ4v) is 0.951. The summed E-state index contributed by atoms with van der Waals surface area (Å²) in [6, 6.07) is 1.29. The average molecular weight is 165 g/mol. The van der Waals surface area contributed by atoms with E-state index in [0.29, 0.717) is 11.8 Å². The lowest BCUT2D eigenvalue weighted by atomic mass is 10.6. The maximum absolute atomic E-state index is 11.1. The Hall–Kier alpha value is -1.98. The predicted molar refractivity (Wildman–Crippen MR) is 42.9 cm³/mol. The Morgan fingerprint density at radius 3 is 2.92 bits per heavy atom. The number of aromatic amines is 2. The van der Waals surface area contributed by atoms with E-state index in [2.05, 4.69) is 15.1 Å². The number of nitrogens with zero attached hydrogens (tertiary/aromatic N) is 2. The lowest BCUT2D eigenvalue weighted by Gasteiger charge is -1.93. The van der Waals surface area contributed by atoms with Crippen molar-refractivity contribution in [3.8, 4) is 5.95 Å². The molecule has 0 aliphatic carbocycles. The van der Waals surface area contributed by atoms with Crippen LogP contribution in [-0.2, 0) is 0 Å². The second-order valence-corrected chi connectivity index (χ2v) is 2.30. The molecule has 2 heterocycles. The first-order valence-corrected chi connectivity index (χ1v) is 3.34. The molecule has 12 heavy (non-hydrogen) atoms. The summed E-state index contributed by atoms with van der Waals surface area (Å²) < 4.78 is 1.23. The molecular weight excluding hydrogens is 158 g/mol. The Labute approximate surface area is 67.0 Å². The summed E-state index contributed by atoms with van der Waals surface area (Å²) in [5.74, 6) is 0.744. The number of nitrogen functional groups attached to an aromatic ring is 1. The van der Waals surface area contributed by atoms with E-state index in [1.165, 1.54) is 10.7 Å². The molecule has 6 heteroatoms. The molecule has 2 aromatic heterocycles. The van der Waals surface area contributed by atoms with Gasteiger partial charge in [0.1, 0.15) is 5.82 Å². The highest BCUT2D eigenvalue weighted by atomic mass is 16.1. The summed E-state index contributed by atoms with van der Waals surface area (Å²) in [5.41, 5.74) is 5.13. The van der Waals surface area contributed by atoms with Crippen LogP contribution >= 0.6 is 0 Å². The number of rotatable bonds is 1. The number of hydrogen-bond acceptors (Lipinski definition) is 3. The number of hydrogen-bond donors (Lipinski definition) is 3. The van der Waals surface area contributed by atoms with Gasteiger partial charge in [0, 0.05) is 18.5 Å². The standard InChI is InChI=1S/C6H7N5O/c7-4-3-5(12)11(10-4)6-8-1-2-9-6/h1-3,10H,7H2,(H,8,9). The lowest BCUT2D eigenvalue weighted by Crippen LogP contribution is -2.14. The normalized spacial score (nSPS) is 10.3. The Bertz CT molecular complexity index is 423. The highest BCUT2D eigenvalue weighted by Crippen LogP contribution is 1.95. The number of H-pyrrole nitrogens is 2. The zero-order valence-electron chi connectivity index (χ0n) is 6.11. The van der Waals surface area contributed by atoms with E-state index >= 15 is 0 Å². The van der Waals surface area contributed by atoms with Gasteiger partial charge in [-0.25, -0.2) is 4.98 Å². The molecule has 0 atom stereocenters. The van der Waals surface area contributed by atoms with Crippen LogP contribution in [0.5, 0.6) is 0 Å². The van der Waals surface area contributed by atoms with Crippen LogP contribution in [0.15, 0.2) is 23.3 Å². The van der Waals surface area contributed by atoms with Gasteiger partial charge >= 0.3 is 0 Å². The largest absolute Gasteiger partial charge is 0.384 e. The minimum Gasteiger partial charge on any atom is -0.384 e. The van der Waals surface area contributed by atoms with Crippen LogP contribution in [0.25, 0.3) is 5.95 Å². The van der Waals surface area contributed by atoms with Crippen molar-refractivity contribution < 1.29 is 0 Å². The lowest BCUT2D eigenvalue weighted by molar-refractivity contribution is 0.802. The number of imidazole rings is 1. The van der Waals surface area contributed by atoms with Crippen molar-refractivity contribution in [3.63, 3.8) is 0 Å². The van der Waals surface area contributed by atoms with Crippen molar-refractivity contribution in [1.29, 1.82) is 0 Å². The van der Waals surface area contributed by atoms with Gasteiger partial charge in [0.15, 0.2) is 0 Å². The molecule has 0 unspecified atom stereocenters. The molecule has 0 saturated heterocycles. The van der Waals surface area contributed by atoms with E-state index in [9.17, 15) is 4.79 Å². The van der Waals surface area contributed by atoms with Gasteiger partial charge in [0.2, 0.25) is 5.95 Å². The van der Waals surface area contributed by atoms with E-state index in [1.807, 2.05) is 0 Å². The third kappa shape index (κ3) is 0.895. The van der Waals surface area contributed by atoms with E-state index in [4.69, 9.17) is 5.73 Å². The van der Waals surface area contributed by atoms with Crippen molar-refractivity contribution in [1.82, 2.24) is 19.7 Å². The monoisotopic (exact) mass is 165 g/mol.